The van der Waals surface area contributed by atoms with Gasteiger partial charge in [0, 0.05) is 50.1 Å². The van der Waals surface area contributed by atoms with E-state index in [2.05, 4.69) is 180 Å². The number of benzene rings is 6. The number of pyridine rings is 1. The maximum absolute atomic E-state index is 8.44. The van der Waals surface area contributed by atoms with Crippen molar-refractivity contribution in [1.82, 2.24) is 14.5 Å². The molecule has 2 aromatic heterocycles. The van der Waals surface area contributed by atoms with Gasteiger partial charge in [-0.1, -0.05) is 158 Å². The number of hydrogen-bond acceptors (Lipinski definition) is 3. The maximum atomic E-state index is 8.44. The van der Waals surface area contributed by atoms with Gasteiger partial charge in [0.25, 0.3) is 0 Å². The Morgan fingerprint density at radius 2 is 1.33 bits per heavy atom. The molecule has 1 radical (unpaired) electrons. The van der Waals surface area contributed by atoms with Gasteiger partial charge >= 0.3 is 0 Å². The summed E-state index contributed by atoms with van der Waals surface area (Å²) < 4.78 is 17.5. The monoisotopic (exact) mass is 1020 g/mol. The summed E-state index contributed by atoms with van der Waals surface area (Å²) in [6, 6.07) is 53.2. The molecule has 323 valence electrons. The molecule has 0 spiro atoms. The summed E-state index contributed by atoms with van der Waals surface area (Å²) in [6.45, 7) is 24.5. The van der Waals surface area contributed by atoms with E-state index in [0.717, 1.165) is 56.3 Å². The third-order valence-corrected chi connectivity index (χ3v) is 14.2. The summed E-state index contributed by atoms with van der Waals surface area (Å²) >= 11 is 0. The van der Waals surface area contributed by atoms with Crippen molar-refractivity contribution in [2.45, 2.75) is 98.2 Å². The molecule has 6 heteroatoms. The molecule has 1 aliphatic rings. The predicted molar refractivity (Wildman–Crippen MR) is 263 cm³/mol. The number of ether oxygens (including phenoxy) is 1. The smallest absolute Gasteiger partial charge is 0.118 e. The minimum atomic E-state index is -1.50. The summed E-state index contributed by atoms with van der Waals surface area (Å²) in [4.78, 5) is 9.91. The largest absolute Gasteiger partial charge is 0.501 e. The molecule has 63 heavy (non-hydrogen) atoms. The van der Waals surface area contributed by atoms with Crippen LogP contribution in [0, 0.1) is 12.1 Å². The van der Waals surface area contributed by atoms with E-state index in [1.807, 2.05) is 56.4 Å². The van der Waals surface area contributed by atoms with Gasteiger partial charge in [-0.25, -0.2) is 0 Å². The molecule has 1 aliphatic heterocycles. The molecular weight excluding hydrogens is 963 g/mol. The van der Waals surface area contributed by atoms with Crippen molar-refractivity contribution >= 4 is 24.3 Å². The number of aromatic nitrogens is 3. The molecule has 3 heterocycles. The summed E-state index contributed by atoms with van der Waals surface area (Å²) in [7, 11) is -1.50. The first kappa shape index (κ1) is 44.2. The van der Waals surface area contributed by atoms with E-state index in [9.17, 15) is 0 Å². The Balaban J connectivity index is 0.000000246. The fourth-order valence-electron chi connectivity index (χ4n) is 8.78. The van der Waals surface area contributed by atoms with E-state index in [4.69, 9.17) is 11.1 Å². The van der Waals surface area contributed by atoms with Crippen LogP contribution in [-0.4, -0.2) is 22.6 Å². The van der Waals surface area contributed by atoms with Gasteiger partial charge in [-0.3, -0.25) is 4.98 Å². The Bertz CT molecular complexity index is 2900. The van der Waals surface area contributed by atoms with Gasteiger partial charge < -0.3 is 14.3 Å². The topological polar surface area (TPSA) is 39.9 Å². The van der Waals surface area contributed by atoms with E-state index in [-0.39, 0.29) is 25.5 Å². The van der Waals surface area contributed by atoms with Crippen LogP contribution in [0.3, 0.4) is 0 Å². The van der Waals surface area contributed by atoms with Crippen molar-refractivity contribution in [1.29, 1.82) is 0 Å². The fourth-order valence-corrected chi connectivity index (χ4v) is 10.4. The number of rotatable bonds is 8. The quantitative estimate of drug-likeness (QED) is 0.112. The van der Waals surface area contributed by atoms with Crippen molar-refractivity contribution < 1.29 is 26.2 Å². The van der Waals surface area contributed by atoms with Crippen LogP contribution >= 0.6 is 0 Å². The Morgan fingerprint density at radius 3 is 1.98 bits per heavy atom. The number of nitrogens with zero attached hydrogens (tertiary/aromatic N) is 3. The van der Waals surface area contributed by atoms with Crippen LogP contribution in [0.1, 0.15) is 102 Å². The van der Waals surface area contributed by atoms with Gasteiger partial charge in [0.15, 0.2) is 0 Å². The Hall–Kier alpha value is -5.39. The minimum absolute atomic E-state index is 0. The number of para-hydroxylation sites is 3. The summed E-state index contributed by atoms with van der Waals surface area (Å²) in [5, 5.41) is 1.28. The van der Waals surface area contributed by atoms with Gasteiger partial charge in [-0.15, -0.1) is 54.1 Å². The van der Waals surface area contributed by atoms with Crippen LogP contribution in [-0.2, 0) is 25.5 Å². The van der Waals surface area contributed by atoms with Crippen LogP contribution in [0.4, 0.5) is 0 Å². The van der Waals surface area contributed by atoms with E-state index in [1.165, 1.54) is 38.7 Å². The molecule has 8 aromatic rings. The molecule has 0 aliphatic carbocycles. The van der Waals surface area contributed by atoms with Crippen molar-refractivity contribution in [3.05, 3.63) is 180 Å². The number of fused-ring (bicyclic) bond motifs is 3. The van der Waals surface area contributed by atoms with Gasteiger partial charge in [0.1, 0.15) is 5.75 Å². The van der Waals surface area contributed by atoms with Crippen molar-refractivity contribution in [3.8, 4) is 51.0 Å². The third-order valence-electron chi connectivity index (χ3n) is 12.2. The second-order valence-electron chi connectivity index (χ2n) is 18.9. The number of imidazole rings is 1. The van der Waals surface area contributed by atoms with Crippen molar-refractivity contribution in [3.63, 3.8) is 0 Å². The first-order valence-corrected chi connectivity index (χ1v) is 25.5. The van der Waals surface area contributed by atoms with Crippen LogP contribution < -0.4 is 9.92 Å². The van der Waals surface area contributed by atoms with Gasteiger partial charge in [-0.05, 0) is 81.2 Å². The van der Waals surface area contributed by atoms with Crippen molar-refractivity contribution in [2.75, 3.05) is 0 Å². The second kappa shape index (κ2) is 18.4. The SMILES string of the molecule is CC(C)c1cc(-c2ccccc2)cc(C(C)C)c1-n1c(-c2[c-]ccc3c2Oc2ccccc2C3(C)C)nc2ccccc21.[2H]C(C)(C)c1cc(-c2[c-]cccc2)ncc1[Si](C)(C)C.[Ir]. The molecule has 9 rings (SSSR count). The Kier molecular flexibility index (Phi) is 12.9. The predicted octanol–water partition coefficient (Wildman–Crippen LogP) is 15.1. The Labute approximate surface area is 391 Å². The molecule has 0 saturated carbocycles. The Morgan fingerprint density at radius 1 is 0.683 bits per heavy atom. The first-order valence-electron chi connectivity index (χ1n) is 22.5. The molecule has 0 amide bonds. The molecule has 0 fully saturated rings. The van der Waals surface area contributed by atoms with Crippen molar-refractivity contribution in [2.24, 2.45) is 0 Å². The zero-order valence-corrected chi connectivity index (χ0v) is 41.9. The third kappa shape index (κ3) is 8.91. The maximum Gasteiger partial charge on any atom is 0.118 e. The van der Waals surface area contributed by atoms with Gasteiger partial charge in [0.2, 0.25) is 0 Å². The van der Waals surface area contributed by atoms with Crippen LogP contribution in [0.25, 0.3) is 50.5 Å². The standard InChI is InChI=1S/C40H37N2O.C17H22NSi.Ir/c1-25(2)30-23-28(27-15-8-7-9-16-27)24-31(26(3)4)37(30)42-35-21-12-11-20-34(35)41-39(42)29-17-14-19-33-38(29)43-36-22-13-10-18-32(36)40(33,5)6;1-13(2)15-11-16(14-9-7-6-8-10-14)18-12-17(15)19(3,4)5;/h7-16,18-26H,1-6H3;6-9,11-13H,1-5H3;/q2*-1;/i;13D;. The van der Waals surface area contributed by atoms with E-state index in [0.29, 0.717) is 11.8 Å². The number of hydrogen-bond donors (Lipinski definition) is 0. The molecule has 0 atom stereocenters. The zero-order chi connectivity index (χ0) is 44.8. The van der Waals surface area contributed by atoms with Crippen LogP contribution in [0.5, 0.6) is 11.5 Å². The summed E-state index contributed by atoms with van der Waals surface area (Å²) in [5.41, 5.74) is 14.3. The minimum Gasteiger partial charge on any atom is -0.501 e. The first-order chi connectivity index (χ1) is 29.9. The summed E-state index contributed by atoms with van der Waals surface area (Å²) in [5.74, 6) is 2.55. The van der Waals surface area contributed by atoms with Gasteiger partial charge in [0.05, 0.1) is 24.9 Å². The van der Waals surface area contributed by atoms with E-state index in [1.54, 1.807) is 0 Å². The summed E-state index contributed by atoms with van der Waals surface area (Å²) in [6.07, 6.45) is 1.98. The molecule has 0 unspecified atom stereocenters. The molecule has 4 nitrogen and oxygen atoms in total. The molecule has 0 bridgehead atoms. The molecule has 0 N–H and O–H groups in total. The zero-order valence-electron chi connectivity index (χ0n) is 39.5. The molecular formula is C57H59IrN3OSi-2. The molecule has 6 aromatic carbocycles. The second-order valence-corrected chi connectivity index (χ2v) is 23.9. The molecule has 0 saturated heterocycles. The fraction of sp³-hybridized carbons (Fsp3) is 0.263. The van der Waals surface area contributed by atoms with E-state index < -0.39 is 14.0 Å². The van der Waals surface area contributed by atoms with E-state index >= 15 is 0 Å². The normalized spacial score (nSPS) is 13.3. The average Bonchev–Trinajstić information content (AvgIpc) is 3.65. The van der Waals surface area contributed by atoms with Crippen LogP contribution in [0.2, 0.25) is 19.6 Å². The van der Waals surface area contributed by atoms with Gasteiger partial charge in [-0.2, -0.15) is 0 Å². The average molecular weight is 1020 g/mol. The van der Waals surface area contributed by atoms with Crippen LogP contribution in [0.15, 0.2) is 140 Å².